The minimum atomic E-state index is 0.375. The maximum absolute atomic E-state index is 4.10. The van der Waals surface area contributed by atoms with Crippen LogP contribution in [0.2, 0.25) is 0 Å². The lowest BCUT2D eigenvalue weighted by Crippen LogP contribution is -2.55. The SMILES string of the molecule is C=CC(C1NCCS1)C12CCCC(CC1)N2. The molecule has 3 aliphatic heterocycles. The molecule has 0 spiro atoms. The second kappa shape index (κ2) is 4.35. The van der Waals surface area contributed by atoms with Gasteiger partial charge in [0.2, 0.25) is 0 Å². The number of fused-ring (bicyclic) bond motifs is 2. The van der Waals surface area contributed by atoms with Crippen molar-refractivity contribution in [2.24, 2.45) is 5.92 Å². The Morgan fingerprint density at radius 2 is 2.31 bits per heavy atom. The number of piperidine rings is 1. The van der Waals surface area contributed by atoms with Gasteiger partial charge in [-0.2, -0.15) is 0 Å². The van der Waals surface area contributed by atoms with E-state index < -0.39 is 0 Å². The van der Waals surface area contributed by atoms with Crippen LogP contribution in [0.3, 0.4) is 0 Å². The Morgan fingerprint density at radius 1 is 1.38 bits per heavy atom. The lowest BCUT2D eigenvalue weighted by Gasteiger charge is -2.42. The molecule has 90 valence electrons. The molecule has 3 heteroatoms. The molecule has 0 saturated carbocycles. The van der Waals surface area contributed by atoms with Crippen LogP contribution in [0.1, 0.15) is 32.1 Å². The van der Waals surface area contributed by atoms with Crippen molar-refractivity contribution in [3.05, 3.63) is 12.7 Å². The van der Waals surface area contributed by atoms with Crippen molar-refractivity contribution in [1.29, 1.82) is 0 Å². The highest BCUT2D eigenvalue weighted by Gasteiger charge is 2.48. The van der Waals surface area contributed by atoms with Gasteiger partial charge in [0.25, 0.3) is 0 Å². The smallest absolute Gasteiger partial charge is 0.0614 e. The minimum Gasteiger partial charge on any atom is -0.308 e. The fraction of sp³-hybridized carbons (Fsp3) is 0.846. The molecule has 4 atom stereocenters. The molecule has 3 fully saturated rings. The highest BCUT2D eigenvalue weighted by molar-refractivity contribution is 8.00. The van der Waals surface area contributed by atoms with Crippen molar-refractivity contribution in [3.8, 4) is 0 Å². The first kappa shape index (κ1) is 11.1. The summed E-state index contributed by atoms with van der Waals surface area (Å²) in [4.78, 5) is 0. The van der Waals surface area contributed by atoms with Crippen molar-refractivity contribution in [1.82, 2.24) is 10.6 Å². The third kappa shape index (κ3) is 1.73. The van der Waals surface area contributed by atoms with E-state index in [0.29, 0.717) is 16.8 Å². The molecule has 3 aliphatic rings. The summed E-state index contributed by atoms with van der Waals surface area (Å²) < 4.78 is 0. The zero-order valence-electron chi connectivity index (χ0n) is 9.87. The summed E-state index contributed by atoms with van der Waals surface area (Å²) in [5.41, 5.74) is 0.375. The number of thioether (sulfide) groups is 1. The molecule has 16 heavy (non-hydrogen) atoms. The first-order valence-corrected chi connectivity index (χ1v) is 7.64. The van der Waals surface area contributed by atoms with Crippen molar-refractivity contribution in [3.63, 3.8) is 0 Å². The van der Waals surface area contributed by atoms with Gasteiger partial charge >= 0.3 is 0 Å². The molecule has 3 heterocycles. The Bertz CT molecular complexity index is 271. The average Bonchev–Trinajstić information content (AvgIpc) is 2.90. The lowest BCUT2D eigenvalue weighted by molar-refractivity contribution is 0.202. The van der Waals surface area contributed by atoms with Gasteiger partial charge in [-0.1, -0.05) is 12.5 Å². The zero-order valence-corrected chi connectivity index (χ0v) is 10.7. The Kier molecular flexibility index (Phi) is 3.03. The summed E-state index contributed by atoms with van der Waals surface area (Å²) in [5.74, 6) is 1.86. The standard InChI is InChI=1S/C13H22N2S/c1-2-11(12-14-8-9-16-12)13-6-3-4-10(15-13)5-7-13/h2,10-12,14-15H,1,3-9H2. The monoisotopic (exact) mass is 238 g/mol. The van der Waals surface area contributed by atoms with E-state index in [-0.39, 0.29) is 0 Å². The van der Waals surface area contributed by atoms with Gasteiger partial charge in [-0.05, 0) is 25.7 Å². The van der Waals surface area contributed by atoms with Crippen LogP contribution in [-0.4, -0.2) is 29.3 Å². The van der Waals surface area contributed by atoms with Crippen molar-refractivity contribution in [2.75, 3.05) is 12.3 Å². The number of hydrogen-bond acceptors (Lipinski definition) is 3. The molecule has 2 N–H and O–H groups in total. The first-order chi connectivity index (χ1) is 7.84. The molecular weight excluding hydrogens is 216 g/mol. The van der Waals surface area contributed by atoms with Crippen LogP contribution in [0.4, 0.5) is 0 Å². The molecule has 0 amide bonds. The zero-order chi connectivity index (χ0) is 11.0. The maximum atomic E-state index is 4.10. The van der Waals surface area contributed by atoms with E-state index in [2.05, 4.69) is 35.1 Å². The second-order valence-electron chi connectivity index (χ2n) is 5.44. The van der Waals surface area contributed by atoms with Crippen molar-refractivity contribution >= 4 is 11.8 Å². The van der Waals surface area contributed by atoms with Crippen LogP contribution in [-0.2, 0) is 0 Å². The summed E-state index contributed by atoms with van der Waals surface area (Å²) in [6.07, 6.45) is 9.07. The fourth-order valence-corrected chi connectivity index (χ4v) is 5.11. The predicted octanol–water partition coefficient (Wildman–Crippen LogP) is 2.13. The number of rotatable bonds is 3. The van der Waals surface area contributed by atoms with Gasteiger partial charge in [-0.25, -0.2) is 0 Å². The van der Waals surface area contributed by atoms with Gasteiger partial charge in [0, 0.05) is 29.8 Å². The van der Waals surface area contributed by atoms with Crippen LogP contribution < -0.4 is 10.6 Å². The highest BCUT2D eigenvalue weighted by atomic mass is 32.2. The number of nitrogens with one attached hydrogen (secondary N) is 2. The third-order valence-electron chi connectivity index (χ3n) is 4.57. The summed E-state index contributed by atoms with van der Waals surface area (Å²) in [5, 5.41) is 8.14. The van der Waals surface area contributed by atoms with E-state index in [1.54, 1.807) is 0 Å². The molecule has 3 rings (SSSR count). The Labute approximate surface area is 103 Å². The topological polar surface area (TPSA) is 24.1 Å². The van der Waals surface area contributed by atoms with Crippen LogP contribution >= 0.6 is 11.8 Å². The van der Waals surface area contributed by atoms with Gasteiger partial charge < -0.3 is 10.6 Å². The Hall–Kier alpha value is 0.01000. The summed E-state index contributed by atoms with van der Waals surface area (Å²) in [7, 11) is 0. The largest absolute Gasteiger partial charge is 0.308 e. The second-order valence-corrected chi connectivity index (χ2v) is 6.68. The van der Waals surface area contributed by atoms with Gasteiger partial charge in [0.05, 0.1) is 5.37 Å². The van der Waals surface area contributed by atoms with Crippen LogP contribution in [0.25, 0.3) is 0 Å². The van der Waals surface area contributed by atoms with E-state index in [1.165, 1.54) is 44.4 Å². The van der Waals surface area contributed by atoms with Gasteiger partial charge in [0.1, 0.15) is 0 Å². The molecule has 4 unspecified atom stereocenters. The summed E-state index contributed by atoms with van der Waals surface area (Å²) in [6.45, 7) is 5.26. The van der Waals surface area contributed by atoms with E-state index in [0.717, 1.165) is 6.04 Å². The average molecular weight is 238 g/mol. The van der Waals surface area contributed by atoms with E-state index in [9.17, 15) is 0 Å². The van der Waals surface area contributed by atoms with Gasteiger partial charge in [-0.15, -0.1) is 18.3 Å². The van der Waals surface area contributed by atoms with E-state index in [1.807, 2.05) is 0 Å². The van der Waals surface area contributed by atoms with Gasteiger partial charge in [0.15, 0.2) is 0 Å². The maximum Gasteiger partial charge on any atom is 0.0614 e. The molecule has 0 radical (unpaired) electrons. The molecule has 2 nitrogen and oxygen atoms in total. The quantitative estimate of drug-likeness (QED) is 0.737. The van der Waals surface area contributed by atoms with E-state index in [4.69, 9.17) is 0 Å². The molecule has 0 aromatic carbocycles. The fourth-order valence-electron chi connectivity index (χ4n) is 3.81. The molecule has 0 aliphatic carbocycles. The number of hydrogen-bond donors (Lipinski definition) is 2. The minimum absolute atomic E-state index is 0.375. The lowest BCUT2D eigenvalue weighted by atomic mass is 9.78. The predicted molar refractivity (Wildman–Crippen MR) is 70.7 cm³/mol. The third-order valence-corrected chi connectivity index (χ3v) is 5.83. The van der Waals surface area contributed by atoms with Gasteiger partial charge in [-0.3, -0.25) is 0 Å². The van der Waals surface area contributed by atoms with Crippen molar-refractivity contribution < 1.29 is 0 Å². The molecule has 3 saturated heterocycles. The molecule has 0 aromatic heterocycles. The first-order valence-electron chi connectivity index (χ1n) is 6.59. The molecule has 0 aromatic rings. The Balaban J connectivity index is 1.80. The highest BCUT2D eigenvalue weighted by Crippen LogP contribution is 2.44. The van der Waals surface area contributed by atoms with E-state index >= 15 is 0 Å². The molecule has 2 bridgehead atoms. The van der Waals surface area contributed by atoms with Crippen LogP contribution in [0, 0.1) is 5.92 Å². The van der Waals surface area contributed by atoms with Crippen LogP contribution in [0.5, 0.6) is 0 Å². The van der Waals surface area contributed by atoms with Crippen LogP contribution in [0.15, 0.2) is 12.7 Å². The van der Waals surface area contributed by atoms with Crippen molar-refractivity contribution in [2.45, 2.75) is 49.1 Å². The molecular formula is C13H22N2S. The summed E-state index contributed by atoms with van der Waals surface area (Å²) in [6, 6.07) is 0.794. The summed E-state index contributed by atoms with van der Waals surface area (Å²) >= 11 is 2.08. The Morgan fingerprint density at radius 3 is 3.06 bits per heavy atom. The normalized spacial score (nSPS) is 44.5.